The number of carbonyl (C=O) groups is 2. The Balaban J connectivity index is 2.13. The third-order valence-electron chi connectivity index (χ3n) is 3.17. The number of aliphatic carboxylic acids is 1. The maximum absolute atomic E-state index is 12.3. The summed E-state index contributed by atoms with van der Waals surface area (Å²) >= 11 is 6.29. The summed E-state index contributed by atoms with van der Waals surface area (Å²) in [6, 6.07) is 4.78. The molecule has 1 saturated heterocycles. The zero-order valence-corrected chi connectivity index (χ0v) is 13.9. The van der Waals surface area contributed by atoms with E-state index in [1.807, 2.05) is 0 Å². The van der Waals surface area contributed by atoms with Gasteiger partial charge in [0.1, 0.15) is 15.8 Å². The number of benzene rings is 1. The van der Waals surface area contributed by atoms with Gasteiger partial charge in [-0.05, 0) is 24.6 Å². The first-order valence-corrected chi connectivity index (χ1v) is 7.99. The second-order valence-corrected chi connectivity index (χ2v) is 6.43. The van der Waals surface area contributed by atoms with E-state index in [9.17, 15) is 14.7 Å². The lowest BCUT2D eigenvalue weighted by Crippen LogP contribution is -2.29. The van der Waals surface area contributed by atoms with Crippen LogP contribution in [0.15, 0.2) is 23.1 Å². The molecule has 0 saturated carbocycles. The Morgan fingerprint density at radius 3 is 2.83 bits per heavy atom. The van der Waals surface area contributed by atoms with Gasteiger partial charge in [-0.2, -0.15) is 0 Å². The summed E-state index contributed by atoms with van der Waals surface area (Å²) in [6.45, 7) is 0.267. The van der Waals surface area contributed by atoms with Crippen LogP contribution in [-0.2, 0) is 9.59 Å². The topological polar surface area (TPSA) is 87.1 Å². The minimum Gasteiger partial charge on any atom is -0.507 e. The zero-order valence-electron chi connectivity index (χ0n) is 12.3. The van der Waals surface area contributed by atoms with Crippen LogP contribution in [0.1, 0.15) is 18.4 Å². The molecule has 1 aromatic rings. The highest BCUT2D eigenvalue weighted by Crippen LogP contribution is 2.35. The fraction of sp³-hybridized carbons (Fsp3) is 0.267. The summed E-state index contributed by atoms with van der Waals surface area (Å²) < 4.78 is 5.40. The number of methoxy groups -OCH3 is 1. The van der Waals surface area contributed by atoms with Crippen LogP contribution < -0.4 is 4.74 Å². The molecule has 23 heavy (non-hydrogen) atoms. The van der Waals surface area contributed by atoms with Gasteiger partial charge >= 0.3 is 5.97 Å². The number of hydrogen-bond acceptors (Lipinski definition) is 6. The first-order valence-electron chi connectivity index (χ1n) is 6.76. The summed E-state index contributed by atoms with van der Waals surface area (Å²) in [7, 11) is 1.50. The number of amides is 1. The minimum absolute atomic E-state index is 0.000459. The van der Waals surface area contributed by atoms with Crippen molar-refractivity contribution in [3.05, 3.63) is 28.7 Å². The Kier molecular flexibility index (Phi) is 5.62. The Bertz CT molecular complexity index is 686. The SMILES string of the molecule is COc1ccc(/C=C2\SC(=S)N(CCCC(=O)O)C2=O)c(O)c1. The van der Waals surface area contributed by atoms with Gasteiger partial charge in [-0.25, -0.2) is 0 Å². The minimum atomic E-state index is -0.908. The summed E-state index contributed by atoms with van der Waals surface area (Å²) in [5.74, 6) is -0.670. The van der Waals surface area contributed by atoms with Crippen LogP contribution in [0.5, 0.6) is 11.5 Å². The van der Waals surface area contributed by atoms with Crippen molar-refractivity contribution in [2.24, 2.45) is 0 Å². The van der Waals surface area contributed by atoms with Crippen molar-refractivity contribution in [2.45, 2.75) is 12.8 Å². The molecular formula is C15H15NO5S2. The lowest BCUT2D eigenvalue weighted by atomic mass is 10.1. The zero-order chi connectivity index (χ0) is 17.0. The van der Waals surface area contributed by atoms with Crippen LogP contribution in [0.25, 0.3) is 6.08 Å². The largest absolute Gasteiger partial charge is 0.507 e. The number of phenols is 1. The van der Waals surface area contributed by atoms with Gasteiger partial charge in [0.25, 0.3) is 5.91 Å². The summed E-state index contributed by atoms with van der Waals surface area (Å²) in [6.07, 6.45) is 1.88. The molecule has 2 rings (SSSR count). The number of nitrogens with zero attached hydrogens (tertiary/aromatic N) is 1. The molecule has 8 heteroatoms. The number of rotatable bonds is 6. The fourth-order valence-electron chi connectivity index (χ4n) is 1.99. The number of carboxylic acids is 1. The number of phenolic OH excluding ortho intramolecular Hbond substituents is 1. The predicted molar refractivity (Wildman–Crippen MR) is 91.4 cm³/mol. The number of carbonyl (C=O) groups excluding carboxylic acids is 1. The lowest BCUT2D eigenvalue weighted by Gasteiger charge is -2.13. The van der Waals surface area contributed by atoms with E-state index in [-0.39, 0.29) is 24.6 Å². The molecule has 1 amide bonds. The van der Waals surface area contributed by atoms with Crippen LogP contribution in [-0.4, -0.2) is 45.0 Å². The molecule has 0 aliphatic carbocycles. The quantitative estimate of drug-likeness (QED) is 0.600. The Morgan fingerprint density at radius 2 is 2.22 bits per heavy atom. The van der Waals surface area contributed by atoms with Crippen molar-refractivity contribution in [3.63, 3.8) is 0 Å². The highest BCUT2D eigenvalue weighted by atomic mass is 32.2. The first-order chi connectivity index (χ1) is 10.9. The van der Waals surface area contributed by atoms with E-state index in [0.29, 0.717) is 27.0 Å². The monoisotopic (exact) mass is 353 g/mol. The molecular weight excluding hydrogens is 338 g/mol. The van der Waals surface area contributed by atoms with Gasteiger partial charge in [-0.15, -0.1) is 0 Å². The van der Waals surface area contributed by atoms with Gasteiger partial charge in [0.05, 0.1) is 12.0 Å². The third kappa shape index (κ3) is 4.23. The van der Waals surface area contributed by atoms with E-state index in [4.69, 9.17) is 22.1 Å². The normalized spacial score (nSPS) is 16.2. The maximum Gasteiger partial charge on any atom is 0.303 e. The fourth-order valence-corrected chi connectivity index (χ4v) is 3.29. The number of thiocarbonyl (C=S) groups is 1. The highest BCUT2D eigenvalue weighted by Gasteiger charge is 2.31. The highest BCUT2D eigenvalue weighted by molar-refractivity contribution is 8.26. The van der Waals surface area contributed by atoms with E-state index < -0.39 is 5.97 Å². The van der Waals surface area contributed by atoms with Crippen LogP contribution in [0, 0.1) is 0 Å². The molecule has 122 valence electrons. The average molecular weight is 353 g/mol. The van der Waals surface area contributed by atoms with Crippen molar-refractivity contribution < 1.29 is 24.5 Å². The molecule has 6 nitrogen and oxygen atoms in total. The summed E-state index contributed by atoms with van der Waals surface area (Å²) in [5.41, 5.74) is 0.483. The van der Waals surface area contributed by atoms with Crippen LogP contribution in [0.3, 0.4) is 0 Å². The number of hydrogen-bond donors (Lipinski definition) is 2. The second-order valence-electron chi connectivity index (χ2n) is 4.76. The van der Waals surface area contributed by atoms with Gasteiger partial charge in [-0.3, -0.25) is 14.5 Å². The molecule has 1 aliphatic heterocycles. The van der Waals surface area contributed by atoms with Crippen molar-refractivity contribution in [1.82, 2.24) is 4.90 Å². The molecule has 1 aliphatic rings. The summed E-state index contributed by atoms with van der Waals surface area (Å²) in [5, 5.41) is 18.6. The lowest BCUT2D eigenvalue weighted by molar-refractivity contribution is -0.137. The average Bonchev–Trinajstić information content (AvgIpc) is 2.76. The Labute approximate surface area is 142 Å². The molecule has 0 aromatic heterocycles. The number of ether oxygens (including phenoxy) is 1. The second kappa shape index (κ2) is 7.47. The van der Waals surface area contributed by atoms with Crippen molar-refractivity contribution >= 4 is 46.3 Å². The van der Waals surface area contributed by atoms with Gasteiger partial charge in [0.15, 0.2) is 0 Å². The predicted octanol–water partition coefficient (Wildman–Crippen LogP) is 2.47. The molecule has 0 spiro atoms. The van der Waals surface area contributed by atoms with Gasteiger partial charge < -0.3 is 14.9 Å². The molecule has 0 atom stereocenters. The molecule has 1 aromatic carbocycles. The molecule has 0 bridgehead atoms. The molecule has 2 N–H and O–H groups in total. The number of thioether (sulfide) groups is 1. The van der Waals surface area contributed by atoms with E-state index in [2.05, 4.69) is 0 Å². The van der Waals surface area contributed by atoms with E-state index in [1.165, 1.54) is 18.1 Å². The van der Waals surface area contributed by atoms with Crippen molar-refractivity contribution in [2.75, 3.05) is 13.7 Å². The first kappa shape index (κ1) is 17.3. The van der Waals surface area contributed by atoms with Gasteiger partial charge in [0, 0.05) is 24.6 Å². The van der Waals surface area contributed by atoms with Crippen molar-refractivity contribution in [3.8, 4) is 11.5 Å². The van der Waals surface area contributed by atoms with E-state index in [1.54, 1.807) is 18.2 Å². The smallest absolute Gasteiger partial charge is 0.303 e. The molecule has 1 fully saturated rings. The summed E-state index contributed by atoms with van der Waals surface area (Å²) in [4.78, 5) is 24.6. The molecule has 0 radical (unpaired) electrons. The van der Waals surface area contributed by atoms with Gasteiger partial charge in [0.2, 0.25) is 0 Å². The Morgan fingerprint density at radius 1 is 1.48 bits per heavy atom. The number of carboxylic acid groups (broad SMARTS) is 1. The van der Waals surface area contributed by atoms with Crippen molar-refractivity contribution in [1.29, 1.82) is 0 Å². The number of aromatic hydroxyl groups is 1. The molecule has 0 unspecified atom stereocenters. The van der Waals surface area contributed by atoms with E-state index >= 15 is 0 Å². The Hall–Kier alpha value is -2.06. The van der Waals surface area contributed by atoms with Crippen LogP contribution in [0.2, 0.25) is 0 Å². The standard InChI is InChI=1S/C15H15NO5S2/c1-21-10-5-4-9(11(17)8-10)7-12-14(20)16(15(22)23-12)6-2-3-13(18)19/h4-5,7-8,17H,2-3,6H2,1H3,(H,18,19)/b12-7-. The maximum atomic E-state index is 12.3. The van der Waals surface area contributed by atoms with E-state index in [0.717, 1.165) is 11.8 Å². The van der Waals surface area contributed by atoms with Gasteiger partial charge in [-0.1, -0.05) is 24.0 Å². The molecule has 1 heterocycles. The van der Waals surface area contributed by atoms with Crippen LogP contribution in [0.4, 0.5) is 0 Å². The van der Waals surface area contributed by atoms with Crippen LogP contribution >= 0.6 is 24.0 Å². The third-order valence-corrected chi connectivity index (χ3v) is 4.55.